The molecule has 1 aromatic carbocycles. The van der Waals surface area contributed by atoms with Gasteiger partial charge in [0.1, 0.15) is 5.75 Å². The molecule has 88 valence electrons. The minimum atomic E-state index is 0.211. The van der Waals surface area contributed by atoms with Crippen LogP contribution >= 0.6 is 0 Å². The van der Waals surface area contributed by atoms with Crippen molar-refractivity contribution in [3.05, 3.63) is 17.7 Å². The Morgan fingerprint density at radius 2 is 2.06 bits per heavy atom. The Bertz CT molecular complexity index is 367. The summed E-state index contributed by atoms with van der Waals surface area (Å²) in [5.41, 5.74) is 6.51. The molecule has 16 heavy (non-hydrogen) atoms. The van der Waals surface area contributed by atoms with Crippen molar-refractivity contribution in [1.82, 2.24) is 0 Å². The van der Waals surface area contributed by atoms with Gasteiger partial charge in [-0.15, -0.1) is 0 Å². The van der Waals surface area contributed by atoms with Gasteiger partial charge in [-0.3, -0.25) is 0 Å². The lowest BCUT2D eigenvalue weighted by molar-refractivity contribution is 0.0217. The molecule has 2 rings (SSSR count). The van der Waals surface area contributed by atoms with Gasteiger partial charge in [0.05, 0.1) is 0 Å². The molecule has 0 radical (unpaired) electrons. The molecule has 0 unspecified atom stereocenters. The summed E-state index contributed by atoms with van der Waals surface area (Å²) in [5.74, 6) is 2.08. The second-order valence-electron chi connectivity index (χ2n) is 3.27. The molecule has 2 N–H and O–H groups in total. The molecule has 0 bridgehead atoms. The van der Waals surface area contributed by atoms with Crippen LogP contribution in [0.2, 0.25) is 0 Å². The van der Waals surface area contributed by atoms with Crippen LogP contribution in [0.3, 0.4) is 0 Å². The Balaban J connectivity index is 2.15. The molecule has 1 aliphatic heterocycles. The summed E-state index contributed by atoms with van der Waals surface area (Å²) >= 11 is 0. The Hall–Kier alpha value is -1.46. The molecule has 0 aromatic heterocycles. The highest BCUT2D eigenvalue weighted by Crippen LogP contribution is 2.37. The zero-order valence-electron chi connectivity index (χ0n) is 9.19. The fraction of sp³-hybridized carbons (Fsp3) is 0.455. The summed E-state index contributed by atoms with van der Waals surface area (Å²) in [6, 6.07) is 3.62. The van der Waals surface area contributed by atoms with Gasteiger partial charge in [0.15, 0.2) is 18.3 Å². The van der Waals surface area contributed by atoms with Gasteiger partial charge in [0.25, 0.3) is 0 Å². The lowest BCUT2D eigenvalue weighted by Crippen LogP contribution is -2.06. The number of nitrogens with two attached hydrogens (primary N) is 1. The van der Waals surface area contributed by atoms with Crippen molar-refractivity contribution in [2.45, 2.75) is 13.5 Å². The highest BCUT2D eigenvalue weighted by atomic mass is 16.7. The summed E-state index contributed by atoms with van der Waals surface area (Å²) in [6.07, 6.45) is 0. The zero-order valence-corrected chi connectivity index (χ0v) is 9.19. The standard InChI is InChI=1S/C11H15NO4/c1-2-13-6-14-9-4-11-10(15-7-16-11)3-8(9)5-12/h3-4H,2,5-7,12H2,1H3. The first-order chi connectivity index (χ1) is 7.85. The van der Waals surface area contributed by atoms with Crippen LogP contribution in [0, 0.1) is 0 Å². The predicted molar refractivity (Wildman–Crippen MR) is 57.6 cm³/mol. The van der Waals surface area contributed by atoms with E-state index in [1.165, 1.54) is 0 Å². The maximum Gasteiger partial charge on any atom is 0.231 e. The summed E-state index contributed by atoms with van der Waals surface area (Å²) < 4.78 is 21.1. The van der Waals surface area contributed by atoms with Crippen LogP contribution in [-0.2, 0) is 11.3 Å². The van der Waals surface area contributed by atoms with Gasteiger partial charge in [-0.1, -0.05) is 0 Å². The van der Waals surface area contributed by atoms with E-state index in [2.05, 4.69) is 0 Å². The zero-order chi connectivity index (χ0) is 11.4. The smallest absolute Gasteiger partial charge is 0.231 e. The molecular weight excluding hydrogens is 210 g/mol. The predicted octanol–water partition coefficient (Wildman–Crippen LogP) is 1.25. The van der Waals surface area contributed by atoms with E-state index in [4.69, 9.17) is 24.7 Å². The molecule has 0 amide bonds. The van der Waals surface area contributed by atoms with Crippen molar-refractivity contribution in [2.24, 2.45) is 5.73 Å². The second kappa shape index (κ2) is 5.05. The first kappa shape index (κ1) is 11.0. The maximum atomic E-state index is 5.63. The molecule has 0 fully saturated rings. The van der Waals surface area contributed by atoms with E-state index in [9.17, 15) is 0 Å². The van der Waals surface area contributed by atoms with Gasteiger partial charge in [0, 0.05) is 24.8 Å². The lowest BCUT2D eigenvalue weighted by Gasteiger charge is -2.11. The van der Waals surface area contributed by atoms with E-state index in [0.29, 0.717) is 30.4 Å². The summed E-state index contributed by atoms with van der Waals surface area (Å²) in [6.45, 7) is 3.37. The van der Waals surface area contributed by atoms with Gasteiger partial charge >= 0.3 is 0 Å². The second-order valence-corrected chi connectivity index (χ2v) is 3.27. The van der Waals surface area contributed by atoms with Crippen LogP contribution in [0.25, 0.3) is 0 Å². The van der Waals surface area contributed by atoms with E-state index in [1.54, 1.807) is 6.07 Å². The highest BCUT2D eigenvalue weighted by Gasteiger charge is 2.17. The fourth-order valence-corrected chi connectivity index (χ4v) is 1.45. The van der Waals surface area contributed by atoms with E-state index in [0.717, 1.165) is 5.56 Å². The lowest BCUT2D eigenvalue weighted by atomic mass is 10.2. The number of fused-ring (bicyclic) bond motifs is 1. The Kier molecular flexibility index (Phi) is 3.48. The van der Waals surface area contributed by atoms with Crippen LogP contribution in [0.4, 0.5) is 0 Å². The Morgan fingerprint density at radius 3 is 2.75 bits per heavy atom. The number of hydrogen-bond donors (Lipinski definition) is 1. The number of ether oxygens (including phenoxy) is 4. The molecule has 0 atom stereocenters. The minimum absolute atomic E-state index is 0.211. The largest absolute Gasteiger partial charge is 0.467 e. The van der Waals surface area contributed by atoms with Crippen molar-refractivity contribution in [1.29, 1.82) is 0 Å². The van der Waals surface area contributed by atoms with E-state index >= 15 is 0 Å². The van der Waals surface area contributed by atoms with Crippen LogP contribution in [0.15, 0.2) is 12.1 Å². The average molecular weight is 225 g/mol. The fourth-order valence-electron chi connectivity index (χ4n) is 1.45. The van der Waals surface area contributed by atoms with Crippen LogP contribution in [-0.4, -0.2) is 20.2 Å². The monoisotopic (exact) mass is 225 g/mol. The third-order valence-corrected chi connectivity index (χ3v) is 2.28. The van der Waals surface area contributed by atoms with Gasteiger partial charge in [-0.25, -0.2) is 0 Å². The van der Waals surface area contributed by atoms with Crippen LogP contribution in [0.5, 0.6) is 17.2 Å². The molecule has 1 heterocycles. The number of benzene rings is 1. The Labute approximate surface area is 94.0 Å². The maximum absolute atomic E-state index is 5.63. The van der Waals surface area contributed by atoms with Gasteiger partial charge in [-0.2, -0.15) is 0 Å². The molecular formula is C11H15NO4. The highest BCUT2D eigenvalue weighted by molar-refractivity contribution is 5.51. The van der Waals surface area contributed by atoms with Crippen LogP contribution < -0.4 is 19.9 Å². The first-order valence-corrected chi connectivity index (χ1v) is 5.18. The molecule has 1 aromatic rings. The van der Waals surface area contributed by atoms with Crippen molar-refractivity contribution in [2.75, 3.05) is 20.2 Å². The van der Waals surface area contributed by atoms with E-state index < -0.39 is 0 Å². The minimum Gasteiger partial charge on any atom is -0.467 e. The summed E-state index contributed by atoms with van der Waals surface area (Å²) in [7, 11) is 0. The number of rotatable bonds is 5. The van der Waals surface area contributed by atoms with Crippen molar-refractivity contribution >= 4 is 0 Å². The molecule has 1 aliphatic rings. The topological polar surface area (TPSA) is 62.9 Å². The van der Waals surface area contributed by atoms with E-state index in [-0.39, 0.29) is 13.6 Å². The van der Waals surface area contributed by atoms with Crippen molar-refractivity contribution < 1.29 is 18.9 Å². The Morgan fingerprint density at radius 1 is 1.31 bits per heavy atom. The first-order valence-electron chi connectivity index (χ1n) is 5.18. The third kappa shape index (κ3) is 2.20. The van der Waals surface area contributed by atoms with Crippen molar-refractivity contribution in [3.63, 3.8) is 0 Å². The summed E-state index contributed by atoms with van der Waals surface area (Å²) in [4.78, 5) is 0. The van der Waals surface area contributed by atoms with Gasteiger partial charge in [-0.05, 0) is 13.0 Å². The SMILES string of the molecule is CCOCOc1cc2c(cc1CN)OCO2. The van der Waals surface area contributed by atoms with Gasteiger partial charge in [0.2, 0.25) is 6.79 Å². The summed E-state index contributed by atoms with van der Waals surface area (Å²) in [5, 5.41) is 0. The molecule has 5 heteroatoms. The van der Waals surface area contributed by atoms with Gasteiger partial charge < -0.3 is 24.7 Å². The quantitative estimate of drug-likeness (QED) is 0.603. The molecule has 5 nitrogen and oxygen atoms in total. The normalized spacial score (nSPS) is 12.9. The van der Waals surface area contributed by atoms with Crippen LogP contribution in [0.1, 0.15) is 12.5 Å². The average Bonchev–Trinajstić information content (AvgIpc) is 2.75. The van der Waals surface area contributed by atoms with E-state index in [1.807, 2.05) is 13.0 Å². The third-order valence-electron chi connectivity index (χ3n) is 2.28. The number of hydrogen-bond acceptors (Lipinski definition) is 5. The van der Waals surface area contributed by atoms with Crippen molar-refractivity contribution in [3.8, 4) is 17.2 Å². The molecule has 0 spiro atoms. The molecule has 0 aliphatic carbocycles. The molecule has 0 saturated heterocycles. The molecule has 0 saturated carbocycles.